The Bertz CT molecular complexity index is 948. The van der Waals surface area contributed by atoms with Crippen molar-refractivity contribution in [1.82, 2.24) is 10.2 Å². The zero-order chi connectivity index (χ0) is 19.6. The third kappa shape index (κ3) is 3.48. The third-order valence-corrected chi connectivity index (χ3v) is 5.94. The average Bonchev–Trinajstić information content (AvgIpc) is 2.53. The number of rotatable bonds is 1. The minimum absolute atomic E-state index is 0.0479. The number of aryl methyl sites for hydroxylation is 1. The molecule has 6 heteroatoms. The standard InChI is InChI=1S/C21H27ClN2O3/c1-12-6-17(25)27-18-14(12)7-16(22)19-15(18)10-24(11-26-19)13-8-20(2,3)23-21(4,5)9-13/h6-7,13,23H,8-11H2,1-5H3. The van der Waals surface area contributed by atoms with Crippen molar-refractivity contribution in [2.24, 2.45) is 0 Å². The minimum Gasteiger partial charge on any atom is -0.476 e. The van der Waals surface area contributed by atoms with Gasteiger partial charge in [0.1, 0.15) is 18.1 Å². The quantitative estimate of drug-likeness (QED) is 0.739. The largest absolute Gasteiger partial charge is 0.476 e. The van der Waals surface area contributed by atoms with Crippen LogP contribution in [0.5, 0.6) is 5.75 Å². The van der Waals surface area contributed by atoms with E-state index in [0.717, 1.165) is 29.4 Å². The summed E-state index contributed by atoms with van der Waals surface area (Å²) in [6, 6.07) is 3.71. The van der Waals surface area contributed by atoms with Crippen molar-refractivity contribution in [3.05, 3.63) is 38.7 Å². The fourth-order valence-electron chi connectivity index (χ4n) is 4.92. The van der Waals surface area contributed by atoms with Crippen LogP contribution in [0.4, 0.5) is 0 Å². The van der Waals surface area contributed by atoms with Crippen LogP contribution in [0.15, 0.2) is 21.3 Å². The normalized spacial score (nSPS) is 22.4. The molecule has 0 unspecified atom stereocenters. The van der Waals surface area contributed by atoms with Crippen LogP contribution in [-0.4, -0.2) is 28.8 Å². The molecule has 0 spiro atoms. The Kier molecular flexibility index (Phi) is 4.33. The number of nitrogens with one attached hydrogen (secondary N) is 1. The van der Waals surface area contributed by atoms with Gasteiger partial charge in [-0.1, -0.05) is 11.6 Å². The number of benzene rings is 1. The van der Waals surface area contributed by atoms with Crippen molar-refractivity contribution in [3.8, 4) is 5.75 Å². The molecule has 0 saturated carbocycles. The zero-order valence-electron chi connectivity index (χ0n) is 16.6. The average molecular weight is 391 g/mol. The summed E-state index contributed by atoms with van der Waals surface area (Å²) in [6.07, 6.45) is 2.05. The van der Waals surface area contributed by atoms with E-state index in [1.165, 1.54) is 6.07 Å². The molecule has 4 rings (SSSR count). The maximum absolute atomic E-state index is 12.0. The van der Waals surface area contributed by atoms with Crippen LogP contribution in [0.1, 0.15) is 51.7 Å². The highest BCUT2D eigenvalue weighted by Gasteiger charge is 2.41. The van der Waals surface area contributed by atoms with E-state index >= 15 is 0 Å². The van der Waals surface area contributed by atoms with E-state index < -0.39 is 0 Å². The topological polar surface area (TPSA) is 54.7 Å². The second-order valence-corrected chi connectivity index (χ2v) is 9.67. The van der Waals surface area contributed by atoms with Gasteiger partial charge in [-0.25, -0.2) is 4.79 Å². The van der Waals surface area contributed by atoms with Crippen molar-refractivity contribution < 1.29 is 9.15 Å². The van der Waals surface area contributed by atoms with E-state index in [2.05, 4.69) is 37.9 Å². The highest BCUT2D eigenvalue weighted by atomic mass is 35.5. The number of ether oxygens (including phenoxy) is 1. The summed E-state index contributed by atoms with van der Waals surface area (Å²) in [7, 11) is 0. The lowest BCUT2D eigenvalue weighted by atomic mass is 9.79. The predicted octanol–water partition coefficient (Wildman–Crippen LogP) is 4.22. The van der Waals surface area contributed by atoms with Gasteiger partial charge >= 0.3 is 5.63 Å². The third-order valence-electron chi connectivity index (χ3n) is 5.66. The maximum Gasteiger partial charge on any atom is 0.336 e. The fraction of sp³-hybridized carbons (Fsp3) is 0.571. The van der Waals surface area contributed by atoms with Gasteiger partial charge in [-0.15, -0.1) is 0 Å². The summed E-state index contributed by atoms with van der Waals surface area (Å²) < 4.78 is 11.6. The number of hydrogen-bond acceptors (Lipinski definition) is 5. The molecule has 1 saturated heterocycles. The summed E-state index contributed by atoms with van der Waals surface area (Å²) >= 11 is 6.48. The van der Waals surface area contributed by atoms with E-state index in [0.29, 0.717) is 35.7 Å². The molecule has 1 aromatic carbocycles. The number of fused-ring (bicyclic) bond motifs is 3. The van der Waals surface area contributed by atoms with Gasteiger partial charge in [0.25, 0.3) is 0 Å². The lowest BCUT2D eigenvalue weighted by Crippen LogP contribution is -2.62. The lowest BCUT2D eigenvalue weighted by Gasteiger charge is -2.50. The number of nitrogens with zero attached hydrogens (tertiary/aromatic N) is 1. The van der Waals surface area contributed by atoms with E-state index in [9.17, 15) is 4.79 Å². The van der Waals surface area contributed by atoms with E-state index in [1.54, 1.807) is 0 Å². The first kappa shape index (κ1) is 18.8. The molecule has 2 aliphatic rings. The SMILES string of the molecule is Cc1cc(=O)oc2c3c(c(Cl)cc12)OCN(C1CC(C)(C)NC(C)(C)C1)C3. The highest BCUT2D eigenvalue weighted by molar-refractivity contribution is 6.33. The van der Waals surface area contributed by atoms with E-state index in [-0.39, 0.29) is 16.7 Å². The van der Waals surface area contributed by atoms with Crippen LogP contribution < -0.4 is 15.7 Å². The van der Waals surface area contributed by atoms with Crippen molar-refractivity contribution in [2.45, 2.75) is 71.1 Å². The number of piperidine rings is 1. The molecule has 2 aliphatic heterocycles. The Balaban J connectivity index is 1.75. The van der Waals surface area contributed by atoms with Gasteiger partial charge in [0, 0.05) is 35.1 Å². The molecule has 0 bridgehead atoms. The maximum atomic E-state index is 12.0. The van der Waals surface area contributed by atoms with Gasteiger partial charge in [-0.05, 0) is 59.1 Å². The summed E-state index contributed by atoms with van der Waals surface area (Å²) in [5, 5.41) is 5.17. The molecule has 1 N–H and O–H groups in total. The molecule has 2 aromatic rings. The molecular formula is C21H27ClN2O3. The molecule has 1 fully saturated rings. The van der Waals surface area contributed by atoms with Gasteiger partial charge in [-0.2, -0.15) is 0 Å². The van der Waals surface area contributed by atoms with Gasteiger partial charge in [0.05, 0.1) is 10.6 Å². The first-order chi connectivity index (χ1) is 12.5. The van der Waals surface area contributed by atoms with E-state index in [4.69, 9.17) is 20.8 Å². The van der Waals surface area contributed by atoms with Crippen LogP contribution >= 0.6 is 11.6 Å². The molecule has 0 amide bonds. The first-order valence-corrected chi connectivity index (χ1v) is 9.84. The lowest BCUT2D eigenvalue weighted by molar-refractivity contribution is 0.00320. The summed E-state index contributed by atoms with van der Waals surface area (Å²) in [6.45, 7) is 12.0. The smallest absolute Gasteiger partial charge is 0.336 e. The molecule has 5 nitrogen and oxygen atoms in total. The van der Waals surface area contributed by atoms with Crippen molar-refractivity contribution in [3.63, 3.8) is 0 Å². The zero-order valence-corrected chi connectivity index (χ0v) is 17.4. The van der Waals surface area contributed by atoms with Gasteiger partial charge < -0.3 is 14.5 Å². The van der Waals surface area contributed by atoms with Crippen molar-refractivity contribution in [1.29, 1.82) is 0 Å². The second-order valence-electron chi connectivity index (χ2n) is 9.27. The second kappa shape index (κ2) is 6.23. The summed E-state index contributed by atoms with van der Waals surface area (Å²) in [5.74, 6) is 0.640. The highest BCUT2D eigenvalue weighted by Crippen LogP contribution is 2.41. The van der Waals surface area contributed by atoms with Crippen LogP contribution in [0, 0.1) is 6.92 Å². The Morgan fingerprint density at radius 2 is 1.85 bits per heavy atom. The van der Waals surface area contributed by atoms with Gasteiger partial charge in [0.15, 0.2) is 0 Å². The van der Waals surface area contributed by atoms with E-state index in [1.807, 2.05) is 13.0 Å². The number of hydrogen-bond donors (Lipinski definition) is 1. The first-order valence-electron chi connectivity index (χ1n) is 9.47. The molecule has 0 atom stereocenters. The fourth-order valence-corrected chi connectivity index (χ4v) is 5.20. The molecule has 1 aromatic heterocycles. The van der Waals surface area contributed by atoms with Crippen LogP contribution in [-0.2, 0) is 6.54 Å². The number of halogens is 1. The molecule has 0 aliphatic carbocycles. The van der Waals surface area contributed by atoms with Crippen LogP contribution in [0.3, 0.4) is 0 Å². The van der Waals surface area contributed by atoms with Gasteiger partial charge in [-0.3, -0.25) is 4.90 Å². The predicted molar refractivity (Wildman–Crippen MR) is 108 cm³/mol. The molecular weight excluding hydrogens is 364 g/mol. The summed E-state index contributed by atoms with van der Waals surface area (Å²) in [5.41, 5.74) is 2.09. The Hall–Kier alpha value is -1.56. The van der Waals surface area contributed by atoms with Crippen molar-refractivity contribution >= 4 is 22.6 Å². The molecule has 146 valence electrons. The Labute approximate surface area is 164 Å². The summed E-state index contributed by atoms with van der Waals surface area (Å²) in [4.78, 5) is 14.3. The minimum atomic E-state index is -0.342. The molecule has 0 radical (unpaired) electrons. The molecule has 27 heavy (non-hydrogen) atoms. The van der Waals surface area contributed by atoms with Gasteiger partial charge in [0.2, 0.25) is 0 Å². The molecule has 3 heterocycles. The van der Waals surface area contributed by atoms with Crippen LogP contribution in [0.2, 0.25) is 5.02 Å². The van der Waals surface area contributed by atoms with Crippen molar-refractivity contribution in [2.75, 3.05) is 6.73 Å². The van der Waals surface area contributed by atoms with Crippen LogP contribution in [0.25, 0.3) is 11.0 Å². The Morgan fingerprint density at radius 3 is 2.52 bits per heavy atom. The Morgan fingerprint density at radius 1 is 1.19 bits per heavy atom. The monoisotopic (exact) mass is 390 g/mol.